The van der Waals surface area contributed by atoms with Crippen LogP contribution in [0.1, 0.15) is 31.6 Å². The van der Waals surface area contributed by atoms with Crippen molar-refractivity contribution in [2.45, 2.75) is 44.2 Å². The van der Waals surface area contributed by atoms with Crippen molar-refractivity contribution in [1.82, 2.24) is 15.5 Å². The van der Waals surface area contributed by atoms with Crippen LogP contribution in [0.2, 0.25) is 0 Å². The summed E-state index contributed by atoms with van der Waals surface area (Å²) in [4.78, 5) is 4.43. The van der Waals surface area contributed by atoms with Crippen LogP contribution in [-0.2, 0) is 6.42 Å². The Kier molecular flexibility index (Phi) is 3.81. The van der Waals surface area contributed by atoms with Gasteiger partial charge in [-0.2, -0.15) is 4.98 Å². The molecule has 0 amide bonds. The number of hydrogen-bond acceptors (Lipinski definition) is 5. The van der Waals surface area contributed by atoms with Crippen LogP contribution in [0.15, 0.2) is 27.3 Å². The molecule has 2 unspecified atom stereocenters. The number of nitrogens with zero attached hydrogens (tertiary/aromatic N) is 2. The molecule has 2 atom stereocenters. The third-order valence-electron chi connectivity index (χ3n) is 4.24. The van der Waals surface area contributed by atoms with E-state index in [1.54, 1.807) is 6.26 Å². The molecule has 1 N–H and O–H groups in total. The number of furan rings is 1. The summed E-state index contributed by atoms with van der Waals surface area (Å²) in [7, 11) is 0. The molecule has 0 aromatic carbocycles. The maximum absolute atomic E-state index is 5.34. The largest absolute Gasteiger partial charge is 0.461 e. The van der Waals surface area contributed by atoms with Gasteiger partial charge in [0.25, 0.3) is 0 Å². The van der Waals surface area contributed by atoms with E-state index in [9.17, 15) is 0 Å². The summed E-state index contributed by atoms with van der Waals surface area (Å²) in [6, 6.07) is 5.09. The maximum atomic E-state index is 5.34. The van der Waals surface area contributed by atoms with Gasteiger partial charge in [-0.05, 0) is 43.7 Å². The van der Waals surface area contributed by atoms with Crippen molar-refractivity contribution in [3.05, 3.63) is 24.3 Å². The Labute approximate surface area is 123 Å². The zero-order chi connectivity index (χ0) is 12.7. The predicted molar refractivity (Wildman–Crippen MR) is 75.6 cm³/mol. The molecule has 0 aliphatic carbocycles. The first-order chi connectivity index (χ1) is 9.37. The van der Waals surface area contributed by atoms with Crippen molar-refractivity contribution in [2.75, 3.05) is 0 Å². The van der Waals surface area contributed by atoms with Crippen LogP contribution in [0.5, 0.6) is 0 Å². The lowest BCUT2D eigenvalue weighted by molar-refractivity contribution is 0.270. The molecule has 4 rings (SSSR count). The lowest BCUT2D eigenvalue weighted by Crippen LogP contribution is -2.38. The van der Waals surface area contributed by atoms with Gasteiger partial charge >= 0.3 is 0 Å². The average Bonchev–Trinajstić information content (AvgIpc) is 3.10. The second-order valence-corrected chi connectivity index (χ2v) is 5.67. The van der Waals surface area contributed by atoms with Gasteiger partial charge in [-0.3, -0.25) is 0 Å². The minimum atomic E-state index is 0. The van der Waals surface area contributed by atoms with Crippen LogP contribution in [0, 0.1) is 5.92 Å². The molecule has 2 fully saturated rings. The first-order valence-corrected chi connectivity index (χ1v) is 6.99. The minimum absolute atomic E-state index is 0. The molecule has 6 heteroatoms. The molecule has 20 heavy (non-hydrogen) atoms. The van der Waals surface area contributed by atoms with E-state index < -0.39 is 0 Å². The van der Waals surface area contributed by atoms with Gasteiger partial charge in [-0.15, -0.1) is 12.4 Å². The van der Waals surface area contributed by atoms with E-state index in [2.05, 4.69) is 15.5 Å². The van der Waals surface area contributed by atoms with Crippen LogP contribution in [0.4, 0.5) is 0 Å². The molecule has 4 heterocycles. The molecule has 5 nitrogen and oxygen atoms in total. The summed E-state index contributed by atoms with van der Waals surface area (Å²) in [6.07, 6.45) is 7.62. The highest BCUT2D eigenvalue weighted by Crippen LogP contribution is 2.32. The Morgan fingerprint density at radius 2 is 2.05 bits per heavy atom. The second-order valence-electron chi connectivity index (χ2n) is 5.67. The highest BCUT2D eigenvalue weighted by molar-refractivity contribution is 5.85. The van der Waals surface area contributed by atoms with Gasteiger partial charge in [0.2, 0.25) is 11.7 Å². The molecule has 2 aliphatic rings. The van der Waals surface area contributed by atoms with Crippen molar-refractivity contribution in [2.24, 2.45) is 5.92 Å². The Bertz CT molecular complexity index is 543. The molecule has 2 aromatic rings. The van der Waals surface area contributed by atoms with Crippen molar-refractivity contribution in [3.63, 3.8) is 0 Å². The topological polar surface area (TPSA) is 64.1 Å². The van der Waals surface area contributed by atoms with Gasteiger partial charge in [-0.25, -0.2) is 0 Å². The number of fused-ring (bicyclic) bond motifs is 2. The van der Waals surface area contributed by atoms with Crippen LogP contribution in [-0.4, -0.2) is 22.2 Å². The summed E-state index contributed by atoms with van der Waals surface area (Å²) in [5.41, 5.74) is 0. The summed E-state index contributed by atoms with van der Waals surface area (Å²) in [5.74, 6) is 2.62. The summed E-state index contributed by atoms with van der Waals surface area (Å²) in [5, 5.41) is 7.63. The van der Waals surface area contributed by atoms with E-state index in [1.165, 1.54) is 25.7 Å². The van der Waals surface area contributed by atoms with Crippen molar-refractivity contribution < 1.29 is 8.94 Å². The molecule has 0 spiro atoms. The van der Waals surface area contributed by atoms with Gasteiger partial charge in [0.15, 0.2) is 5.76 Å². The first-order valence-electron chi connectivity index (χ1n) is 6.99. The van der Waals surface area contributed by atoms with Crippen LogP contribution < -0.4 is 5.32 Å². The Morgan fingerprint density at radius 1 is 1.25 bits per heavy atom. The lowest BCUT2D eigenvalue weighted by atomic mass is 9.90. The van der Waals surface area contributed by atoms with Gasteiger partial charge in [0.1, 0.15) is 0 Å². The van der Waals surface area contributed by atoms with Crippen LogP contribution >= 0.6 is 12.4 Å². The van der Waals surface area contributed by atoms with Crippen molar-refractivity contribution in [1.29, 1.82) is 0 Å². The maximum Gasteiger partial charge on any atom is 0.238 e. The standard InChI is InChI=1S/C14H17N3O2.ClH/c1-2-12(18-5-1)14-16-13(19-17-14)8-9-6-10-3-4-11(7-9)15-10;/h1-2,5,9-11,15H,3-4,6-8H2;1H. The highest BCUT2D eigenvalue weighted by Gasteiger charge is 2.34. The van der Waals surface area contributed by atoms with E-state index in [-0.39, 0.29) is 12.4 Å². The number of rotatable bonds is 3. The Morgan fingerprint density at radius 3 is 2.75 bits per heavy atom. The quantitative estimate of drug-likeness (QED) is 0.943. The van der Waals surface area contributed by atoms with Gasteiger partial charge < -0.3 is 14.3 Å². The average molecular weight is 296 g/mol. The lowest BCUT2D eigenvalue weighted by Gasteiger charge is -2.27. The third-order valence-corrected chi connectivity index (χ3v) is 4.24. The fourth-order valence-electron chi connectivity index (χ4n) is 3.43. The normalized spacial score (nSPS) is 28.3. The van der Waals surface area contributed by atoms with Crippen molar-refractivity contribution in [3.8, 4) is 11.6 Å². The molecular formula is C14H18ClN3O2. The van der Waals surface area contributed by atoms with E-state index >= 15 is 0 Å². The molecular weight excluding hydrogens is 278 g/mol. The molecule has 0 radical (unpaired) electrons. The molecule has 2 aliphatic heterocycles. The molecule has 2 saturated heterocycles. The molecule has 2 bridgehead atoms. The van der Waals surface area contributed by atoms with Crippen molar-refractivity contribution >= 4 is 12.4 Å². The van der Waals surface area contributed by atoms with Crippen LogP contribution in [0.3, 0.4) is 0 Å². The van der Waals surface area contributed by atoms with Gasteiger partial charge in [0.05, 0.1) is 6.26 Å². The molecule has 108 valence electrons. The molecule has 2 aromatic heterocycles. The third kappa shape index (κ3) is 2.60. The molecule has 0 saturated carbocycles. The van der Waals surface area contributed by atoms with Gasteiger partial charge in [0, 0.05) is 18.5 Å². The SMILES string of the molecule is Cl.c1coc(-c2noc(CC3CC4CCC(C3)N4)n2)c1. The van der Waals surface area contributed by atoms with Gasteiger partial charge in [-0.1, -0.05) is 5.16 Å². The fraction of sp³-hybridized carbons (Fsp3) is 0.571. The predicted octanol–water partition coefficient (Wildman–Crippen LogP) is 2.82. The summed E-state index contributed by atoms with van der Waals surface area (Å²) < 4.78 is 10.6. The van der Waals surface area contributed by atoms with E-state index in [4.69, 9.17) is 8.94 Å². The Balaban J connectivity index is 0.00000121. The number of piperidine rings is 1. The fourth-order valence-corrected chi connectivity index (χ4v) is 3.43. The van der Waals surface area contributed by atoms with E-state index in [0.717, 1.165) is 12.3 Å². The Hall–Kier alpha value is -1.33. The van der Waals surface area contributed by atoms with Crippen LogP contribution in [0.25, 0.3) is 11.6 Å². The zero-order valence-corrected chi connectivity index (χ0v) is 11.9. The second kappa shape index (κ2) is 5.58. The number of halogens is 1. The zero-order valence-electron chi connectivity index (χ0n) is 11.1. The summed E-state index contributed by atoms with van der Waals surface area (Å²) >= 11 is 0. The smallest absolute Gasteiger partial charge is 0.238 e. The first kappa shape index (κ1) is 13.6. The van der Waals surface area contributed by atoms with E-state index in [0.29, 0.717) is 29.6 Å². The number of hydrogen-bond donors (Lipinski definition) is 1. The summed E-state index contributed by atoms with van der Waals surface area (Å²) in [6.45, 7) is 0. The number of nitrogens with one attached hydrogen (secondary N) is 1. The van der Waals surface area contributed by atoms with E-state index in [1.807, 2.05) is 12.1 Å². The highest BCUT2D eigenvalue weighted by atomic mass is 35.5. The minimum Gasteiger partial charge on any atom is -0.461 e. The monoisotopic (exact) mass is 295 g/mol. The number of aromatic nitrogens is 2.